The highest BCUT2D eigenvalue weighted by atomic mass is 35.5. The molecule has 0 bridgehead atoms. The molecule has 0 amide bonds. The fraction of sp³-hybridized carbons (Fsp3) is 0.200. The van der Waals surface area contributed by atoms with Crippen molar-refractivity contribution >= 4 is 23.3 Å². The normalized spacial score (nSPS) is 18.6. The molecule has 7 nitrogen and oxygen atoms in total. The van der Waals surface area contributed by atoms with Crippen molar-refractivity contribution in [3.63, 3.8) is 0 Å². The number of hydrogen-bond acceptors (Lipinski definition) is 6. The lowest BCUT2D eigenvalue weighted by Crippen LogP contribution is -2.34. The first-order chi connectivity index (χ1) is 16.0. The van der Waals surface area contributed by atoms with Crippen LogP contribution in [0, 0.1) is 0 Å². The van der Waals surface area contributed by atoms with Crippen molar-refractivity contribution in [2.75, 3.05) is 14.2 Å². The van der Waals surface area contributed by atoms with Gasteiger partial charge in [0.2, 0.25) is 6.23 Å². The van der Waals surface area contributed by atoms with Crippen LogP contribution in [0.15, 0.2) is 65.8 Å². The van der Waals surface area contributed by atoms with Gasteiger partial charge in [0, 0.05) is 22.6 Å². The van der Waals surface area contributed by atoms with Crippen LogP contribution in [0.3, 0.4) is 0 Å². The molecular weight excluding hydrogens is 444 g/mol. The summed E-state index contributed by atoms with van der Waals surface area (Å²) in [6.45, 7) is 0. The Morgan fingerprint density at radius 3 is 2.52 bits per heavy atom. The van der Waals surface area contributed by atoms with Gasteiger partial charge in [-0.25, -0.2) is 9.80 Å². The molecule has 33 heavy (non-hydrogen) atoms. The van der Waals surface area contributed by atoms with Gasteiger partial charge < -0.3 is 19.3 Å². The van der Waals surface area contributed by atoms with Gasteiger partial charge in [0.05, 0.1) is 26.0 Å². The molecule has 0 unspecified atom stereocenters. The smallest absolute Gasteiger partial charge is 0.340 e. The minimum atomic E-state index is -1.14. The average molecular weight is 465 g/mol. The number of carbonyl (C=O) groups is 1. The topological polar surface area (TPSA) is 80.6 Å². The number of rotatable bonds is 5. The molecule has 0 aliphatic carbocycles. The van der Waals surface area contributed by atoms with Gasteiger partial charge in [0.25, 0.3) is 0 Å². The van der Waals surface area contributed by atoms with E-state index >= 15 is 0 Å². The second-order valence-electron chi connectivity index (χ2n) is 7.73. The predicted molar refractivity (Wildman–Crippen MR) is 124 cm³/mol. The monoisotopic (exact) mass is 464 g/mol. The van der Waals surface area contributed by atoms with Crippen LogP contribution in [-0.4, -0.2) is 36.0 Å². The molecule has 2 atom stereocenters. The number of nitrogens with zero attached hydrogens (tertiary/aromatic N) is 2. The maximum atomic E-state index is 12.3. The number of benzene rings is 3. The summed E-state index contributed by atoms with van der Waals surface area (Å²) in [5, 5.41) is 17.4. The van der Waals surface area contributed by atoms with Gasteiger partial charge in [-0.2, -0.15) is 5.10 Å². The summed E-state index contributed by atoms with van der Waals surface area (Å²) in [6, 6.07) is 18.5. The third kappa shape index (κ3) is 3.54. The van der Waals surface area contributed by atoms with Gasteiger partial charge >= 0.3 is 5.97 Å². The van der Waals surface area contributed by atoms with Crippen molar-refractivity contribution in [2.24, 2.45) is 5.10 Å². The summed E-state index contributed by atoms with van der Waals surface area (Å²) in [7, 11) is 2.89. The SMILES string of the molecule is COc1ccc([C@@H]2Oc3ccccc3[C@@H]3CC(c4ccc(Cl)cc4)=NN32)c(C(=O)O)c1OC. The van der Waals surface area contributed by atoms with Crippen molar-refractivity contribution < 1.29 is 24.1 Å². The molecule has 2 aliphatic rings. The van der Waals surface area contributed by atoms with E-state index in [1.807, 2.05) is 53.5 Å². The molecule has 168 valence electrons. The highest BCUT2D eigenvalue weighted by Crippen LogP contribution is 2.49. The molecule has 2 aliphatic heterocycles. The summed E-state index contributed by atoms with van der Waals surface area (Å²) in [4.78, 5) is 12.3. The number of hydrogen-bond donors (Lipinski definition) is 1. The molecule has 5 rings (SSSR count). The number of aromatic carboxylic acids is 1. The number of hydrazone groups is 1. The van der Waals surface area contributed by atoms with E-state index in [1.165, 1.54) is 14.2 Å². The maximum absolute atomic E-state index is 12.3. The number of ether oxygens (including phenoxy) is 3. The Balaban J connectivity index is 1.66. The molecular formula is C25H21ClN2O5. The zero-order chi connectivity index (χ0) is 23.1. The molecule has 0 radical (unpaired) electrons. The Morgan fingerprint density at radius 1 is 1.06 bits per heavy atom. The largest absolute Gasteiger partial charge is 0.493 e. The number of para-hydroxylation sites is 1. The molecule has 0 spiro atoms. The average Bonchev–Trinajstić information content (AvgIpc) is 3.28. The van der Waals surface area contributed by atoms with E-state index in [-0.39, 0.29) is 17.4 Å². The highest BCUT2D eigenvalue weighted by Gasteiger charge is 2.43. The summed E-state index contributed by atoms with van der Waals surface area (Å²) < 4.78 is 17.1. The van der Waals surface area contributed by atoms with Gasteiger partial charge in [0.15, 0.2) is 11.5 Å². The van der Waals surface area contributed by atoms with Crippen LogP contribution in [0.2, 0.25) is 5.02 Å². The van der Waals surface area contributed by atoms with Crippen molar-refractivity contribution in [2.45, 2.75) is 18.7 Å². The van der Waals surface area contributed by atoms with E-state index in [1.54, 1.807) is 12.1 Å². The van der Waals surface area contributed by atoms with Gasteiger partial charge in [-0.05, 0) is 35.9 Å². The van der Waals surface area contributed by atoms with Crippen LogP contribution in [0.1, 0.15) is 45.7 Å². The Kier molecular flexibility index (Phi) is 5.34. The minimum absolute atomic E-state index is 0.0184. The first-order valence-corrected chi connectivity index (χ1v) is 10.7. The van der Waals surface area contributed by atoms with E-state index < -0.39 is 12.2 Å². The summed E-state index contributed by atoms with van der Waals surface area (Å²) in [6.07, 6.45) is -0.116. The van der Waals surface area contributed by atoms with Crippen LogP contribution in [0.25, 0.3) is 0 Å². The quantitative estimate of drug-likeness (QED) is 0.552. The summed E-state index contributed by atoms with van der Waals surface area (Å²) in [5.41, 5.74) is 3.24. The number of carboxylic acids is 1. The number of carboxylic acid groups (broad SMARTS) is 1. The fourth-order valence-electron chi connectivity index (χ4n) is 4.42. The standard InChI is InChI=1S/C25H21ClN2O5/c1-31-21-12-11-17(22(25(29)30)23(21)32-2)24-28-19(16-5-3-4-6-20(16)33-24)13-18(27-28)14-7-9-15(26)10-8-14/h3-12,19,24H,13H2,1-2H3,(H,29,30)/t19-,24-/m0/s1. The van der Waals surface area contributed by atoms with Crippen LogP contribution >= 0.6 is 11.6 Å². The molecule has 0 aromatic heterocycles. The van der Waals surface area contributed by atoms with E-state index in [9.17, 15) is 9.90 Å². The number of halogens is 1. The lowest BCUT2D eigenvalue weighted by atomic mass is 9.95. The van der Waals surface area contributed by atoms with Crippen LogP contribution in [-0.2, 0) is 0 Å². The van der Waals surface area contributed by atoms with E-state index in [0.29, 0.717) is 28.5 Å². The zero-order valence-corrected chi connectivity index (χ0v) is 18.7. The lowest BCUT2D eigenvalue weighted by molar-refractivity contribution is -0.0199. The molecule has 0 fully saturated rings. The molecule has 2 heterocycles. The Bertz CT molecular complexity index is 1260. The van der Waals surface area contributed by atoms with Gasteiger partial charge in [-0.1, -0.05) is 41.9 Å². The first kappa shape index (κ1) is 21.2. The van der Waals surface area contributed by atoms with Crippen LogP contribution in [0.4, 0.5) is 0 Å². The third-order valence-electron chi connectivity index (χ3n) is 5.93. The van der Waals surface area contributed by atoms with Crippen molar-refractivity contribution in [1.29, 1.82) is 0 Å². The van der Waals surface area contributed by atoms with Crippen molar-refractivity contribution in [3.8, 4) is 17.2 Å². The second-order valence-corrected chi connectivity index (χ2v) is 8.17. The molecule has 8 heteroatoms. The second kappa shape index (κ2) is 8.33. The fourth-order valence-corrected chi connectivity index (χ4v) is 4.55. The lowest BCUT2D eigenvalue weighted by Gasteiger charge is -2.38. The minimum Gasteiger partial charge on any atom is -0.493 e. The third-order valence-corrected chi connectivity index (χ3v) is 6.19. The molecule has 1 N–H and O–H groups in total. The Morgan fingerprint density at radius 2 is 1.82 bits per heavy atom. The molecule has 3 aromatic carbocycles. The van der Waals surface area contributed by atoms with Gasteiger partial charge in [-0.3, -0.25) is 0 Å². The summed E-state index contributed by atoms with van der Waals surface area (Å²) >= 11 is 6.06. The molecule has 0 saturated heterocycles. The van der Waals surface area contributed by atoms with Gasteiger partial charge in [-0.15, -0.1) is 0 Å². The Labute approximate surface area is 195 Å². The van der Waals surface area contributed by atoms with E-state index in [2.05, 4.69) is 0 Å². The first-order valence-electron chi connectivity index (χ1n) is 10.4. The van der Waals surface area contributed by atoms with Gasteiger partial charge in [0.1, 0.15) is 11.3 Å². The number of fused-ring (bicyclic) bond motifs is 3. The summed E-state index contributed by atoms with van der Waals surface area (Å²) in [5.74, 6) is 0.0316. The van der Waals surface area contributed by atoms with Crippen LogP contribution in [0.5, 0.6) is 17.2 Å². The molecule has 3 aromatic rings. The molecule has 0 saturated carbocycles. The highest BCUT2D eigenvalue weighted by molar-refractivity contribution is 6.30. The number of methoxy groups -OCH3 is 2. The van der Waals surface area contributed by atoms with Crippen molar-refractivity contribution in [3.05, 3.63) is 87.9 Å². The Hall–Kier alpha value is -3.71. The predicted octanol–water partition coefficient (Wildman–Crippen LogP) is 5.30. The van der Waals surface area contributed by atoms with E-state index in [4.69, 9.17) is 30.9 Å². The zero-order valence-electron chi connectivity index (χ0n) is 18.0. The van der Waals surface area contributed by atoms with Crippen LogP contribution < -0.4 is 14.2 Å². The maximum Gasteiger partial charge on any atom is 0.340 e. The van der Waals surface area contributed by atoms with Crippen molar-refractivity contribution in [1.82, 2.24) is 5.01 Å². The van der Waals surface area contributed by atoms with E-state index in [0.717, 1.165) is 16.8 Å².